The summed E-state index contributed by atoms with van der Waals surface area (Å²) in [5.74, 6) is 1.89. The standard InChI is InChI=1S/C20H34N4O2.HI/c1-3-12-24(13-4-1)14-11-22-20(21-10-9-18-8-6-16-25-18)23-17-19-7-2-5-15-26-19;/h6,8,16,19H,1-5,7,9-15,17H2,(H2,21,22,23);1H. The molecule has 3 heterocycles. The van der Waals surface area contributed by atoms with Crippen LogP contribution in [0.25, 0.3) is 0 Å². The summed E-state index contributed by atoms with van der Waals surface area (Å²) < 4.78 is 11.2. The molecule has 2 aliphatic rings. The van der Waals surface area contributed by atoms with Gasteiger partial charge in [-0.25, -0.2) is 0 Å². The Hall–Kier alpha value is -0.800. The van der Waals surface area contributed by atoms with Crippen molar-refractivity contribution in [3.05, 3.63) is 24.2 Å². The van der Waals surface area contributed by atoms with Crippen molar-refractivity contribution in [1.82, 2.24) is 15.5 Å². The number of rotatable bonds is 8. The highest BCUT2D eigenvalue weighted by Gasteiger charge is 2.14. The van der Waals surface area contributed by atoms with Gasteiger partial charge in [0.15, 0.2) is 5.96 Å². The number of halogens is 1. The Morgan fingerprint density at radius 1 is 1.11 bits per heavy atom. The van der Waals surface area contributed by atoms with Gasteiger partial charge in [-0.05, 0) is 57.3 Å². The summed E-state index contributed by atoms with van der Waals surface area (Å²) >= 11 is 0. The molecular formula is C20H35IN4O2. The number of hydrogen-bond donors (Lipinski definition) is 2. The molecule has 2 aliphatic heterocycles. The van der Waals surface area contributed by atoms with Crippen LogP contribution < -0.4 is 10.6 Å². The van der Waals surface area contributed by atoms with Crippen LogP contribution in [0.4, 0.5) is 0 Å². The highest BCUT2D eigenvalue weighted by Crippen LogP contribution is 2.12. The minimum Gasteiger partial charge on any atom is -0.469 e. The molecule has 2 N–H and O–H groups in total. The van der Waals surface area contributed by atoms with Crippen LogP contribution in [0.1, 0.15) is 44.3 Å². The maximum atomic E-state index is 5.81. The van der Waals surface area contributed by atoms with Crippen LogP contribution in [-0.4, -0.2) is 62.8 Å². The van der Waals surface area contributed by atoms with E-state index in [1.165, 1.54) is 45.2 Å². The van der Waals surface area contributed by atoms with Crippen LogP contribution in [0, 0.1) is 0 Å². The summed E-state index contributed by atoms with van der Waals surface area (Å²) in [5, 5.41) is 6.94. The van der Waals surface area contributed by atoms with Gasteiger partial charge >= 0.3 is 0 Å². The van der Waals surface area contributed by atoms with E-state index in [1.54, 1.807) is 6.26 Å². The second-order valence-corrected chi connectivity index (χ2v) is 7.26. The largest absolute Gasteiger partial charge is 0.469 e. The average Bonchev–Trinajstić information content (AvgIpc) is 3.21. The van der Waals surface area contributed by atoms with Gasteiger partial charge in [-0.3, -0.25) is 4.99 Å². The minimum atomic E-state index is 0. The van der Waals surface area contributed by atoms with Gasteiger partial charge in [-0.2, -0.15) is 0 Å². The zero-order valence-electron chi connectivity index (χ0n) is 16.3. The van der Waals surface area contributed by atoms with Gasteiger partial charge in [0.05, 0.1) is 18.9 Å². The summed E-state index contributed by atoms with van der Waals surface area (Å²) in [5.41, 5.74) is 0. The fourth-order valence-corrected chi connectivity index (χ4v) is 3.59. The van der Waals surface area contributed by atoms with E-state index in [9.17, 15) is 0 Å². The van der Waals surface area contributed by atoms with Crippen molar-refractivity contribution in [2.75, 3.05) is 45.9 Å². The maximum absolute atomic E-state index is 5.81. The Morgan fingerprint density at radius 2 is 1.96 bits per heavy atom. The van der Waals surface area contributed by atoms with Crippen LogP contribution >= 0.6 is 24.0 Å². The fourth-order valence-electron chi connectivity index (χ4n) is 3.59. The van der Waals surface area contributed by atoms with Crippen molar-refractivity contribution in [2.45, 2.75) is 51.0 Å². The van der Waals surface area contributed by atoms with Crippen molar-refractivity contribution in [2.24, 2.45) is 4.99 Å². The topological polar surface area (TPSA) is 62.0 Å². The molecule has 0 spiro atoms. The lowest BCUT2D eigenvalue weighted by molar-refractivity contribution is 0.0224. The first-order valence-corrected chi connectivity index (χ1v) is 10.3. The van der Waals surface area contributed by atoms with Gasteiger partial charge in [-0.15, -0.1) is 24.0 Å². The third-order valence-electron chi connectivity index (χ3n) is 5.14. The van der Waals surface area contributed by atoms with E-state index in [1.807, 2.05) is 12.1 Å². The van der Waals surface area contributed by atoms with Gasteiger partial charge in [0.1, 0.15) is 5.76 Å². The Labute approximate surface area is 180 Å². The quantitative estimate of drug-likeness (QED) is 0.333. The molecule has 1 aromatic rings. The van der Waals surface area contributed by atoms with Gasteiger partial charge in [0, 0.05) is 32.7 Å². The highest BCUT2D eigenvalue weighted by atomic mass is 127. The molecule has 2 fully saturated rings. The number of piperidine rings is 1. The molecule has 27 heavy (non-hydrogen) atoms. The Bertz CT molecular complexity index is 512. The first-order chi connectivity index (χ1) is 12.9. The van der Waals surface area contributed by atoms with Crippen molar-refractivity contribution in [3.63, 3.8) is 0 Å². The Kier molecular flexibility index (Phi) is 11.2. The van der Waals surface area contributed by atoms with E-state index < -0.39 is 0 Å². The second-order valence-electron chi connectivity index (χ2n) is 7.26. The predicted molar refractivity (Wildman–Crippen MR) is 120 cm³/mol. The lowest BCUT2D eigenvalue weighted by Crippen LogP contribution is -2.43. The van der Waals surface area contributed by atoms with Gasteiger partial charge in [-0.1, -0.05) is 6.42 Å². The SMILES string of the molecule is I.c1coc(CCNC(=NCC2CCCCO2)NCCN2CCCCC2)c1. The second kappa shape index (κ2) is 13.4. The number of ether oxygens (including phenoxy) is 1. The van der Waals surface area contributed by atoms with E-state index in [-0.39, 0.29) is 30.1 Å². The molecule has 0 bridgehead atoms. The molecule has 0 amide bonds. The summed E-state index contributed by atoms with van der Waals surface area (Å²) in [6.07, 6.45) is 10.5. The number of guanidine groups is 1. The van der Waals surface area contributed by atoms with Gasteiger partial charge in [0.25, 0.3) is 0 Å². The zero-order chi connectivity index (χ0) is 17.9. The van der Waals surface area contributed by atoms with E-state index in [0.717, 1.165) is 57.3 Å². The summed E-state index contributed by atoms with van der Waals surface area (Å²) in [4.78, 5) is 7.31. The molecule has 0 aliphatic carbocycles. The Morgan fingerprint density at radius 3 is 2.70 bits per heavy atom. The van der Waals surface area contributed by atoms with Gasteiger partial charge < -0.3 is 24.7 Å². The number of nitrogens with one attached hydrogen (secondary N) is 2. The molecule has 1 unspecified atom stereocenters. The van der Waals surface area contributed by atoms with Crippen molar-refractivity contribution in [1.29, 1.82) is 0 Å². The van der Waals surface area contributed by atoms with Crippen molar-refractivity contribution in [3.8, 4) is 0 Å². The number of likely N-dealkylation sites (tertiary alicyclic amines) is 1. The zero-order valence-corrected chi connectivity index (χ0v) is 18.7. The third kappa shape index (κ3) is 8.83. The monoisotopic (exact) mass is 490 g/mol. The molecule has 1 atom stereocenters. The fraction of sp³-hybridized carbons (Fsp3) is 0.750. The lowest BCUT2D eigenvalue weighted by atomic mass is 10.1. The van der Waals surface area contributed by atoms with E-state index >= 15 is 0 Å². The smallest absolute Gasteiger partial charge is 0.191 e. The molecule has 154 valence electrons. The van der Waals surface area contributed by atoms with Crippen molar-refractivity contribution >= 4 is 29.9 Å². The normalized spacial score (nSPS) is 21.5. The third-order valence-corrected chi connectivity index (χ3v) is 5.14. The van der Waals surface area contributed by atoms with Crippen molar-refractivity contribution < 1.29 is 9.15 Å². The van der Waals surface area contributed by atoms with E-state index in [2.05, 4.69) is 15.5 Å². The molecule has 0 radical (unpaired) electrons. The Balaban J connectivity index is 0.00000261. The summed E-state index contributed by atoms with van der Waals surface area (Å²) in [6.45, 7) is 6.90. The number of hydrogen-bond acceptors (Lipinski definition) is 4. The van der Waals surface area contributed by atoms with Crippen LogP contribution in [0.2, 0.25) is 0 Å². The molecule has 3 rings (SSSR count). The minimum absolute atomic E-state index is 0. The maximum Gasteiger partial charge on any atom is 0.191 e. The molecule has 0 aromatic carbocycles. The van der Waals surface area contributed by atoms with E-state index in [4.69, 9.17) is 14.1 Å². The molecule has 0 saturated carbocycles. The number of furan rings is 1. The van der Waals surface area contributed by atoms with Crippen LogP contribution in [-0.2, 0) is 11.2 Å². The lowest BCUT2D eigenvalue weighted by Gasteiger charge is -2.26. The molecule has 2 saturated heterocycles. The average molecular weight is 490 g/mol. The summed E-state index contributed by atoms with van der Waals surface area (Å²) in [6, 6.07) is 3.94. The molecule has 1 aromatic heterocycles. The molecule has 6 nitrogen and oxygen atoms in total. The van der Waals surface area contributed by atoms with Crippen LogP contribution in [0.5, 0.6) is 0 Å². The molecule has 7 heteroatoms. The summed E-state index contributed by atoms with van der Waals surface area (Å²) in [7, 11) is 0. The first-order valence-electron chi connectivity index (χ1n) is 10.3. The van der Waals surface area contributed by atoms with E-state index in [0.29, 0.717) is 0 Å². The van der Waals surface area contributed by atoms with Crippen LogP contribution in [0.3, 0.4) is 0 Å². The highest BCUT2D eigenvalue weighted by molar-refractivity contribution is 14.0. The van der Waals surface area contributed by atoms with Crippen LogP contribution in [0.15, 0.2) is 27.8 Å². The first kappa shape index (κ1) is 22.5. The molecular weight excluding hydrogens is 455 g/mol. The number of nitrogens with zero attached hydrogens (tertiary/aromatic N) is 2. The van der Waals surface area contributed by atoms with Gasteiger partial charge in [0.2, 0.25) is 0 Å². The predicted octanol–water partition coefficient (Wildman–Crippen LogP) is 3.03. The number of aliphatic imine (C=N–C) groups is 1.